The number of anilines is 1. The lowest BCUT2D eigenvalue weighted by atomic mass is 10.0. The third kappa shape index (κ3) is 5.63. The first-order chi connectivity index (χ1) is 9.83. The molecule has 0 bridgehead atoms. The molecule has 5 nitrogen and oxygen atoms in total. The molecule has 1 rings (SSSR count). The van der Waals surface area contributed by atoms with Crippen molar-refractivity contribution in [3.05, 3.63) is 28.8 Å². The Morgan fingerprint density at radius 3 is 2.52 bits per heavy atom. The van der Waals surface area contributed by atoms with Crippen LogP contribution in [0, 0.1) is 5.92 Å². The molecule has 0 spiro atoms. The van der Waals surface area contributed by atoms with Gasteiger partial charge < -0.3 is 15.7 Å². The summed E-state index contributed by atoms with van der Waals surface area (Å²) in [6.45, 7) is 6.20. The lowest BCUT2D eigenvalue weighted by molar-refractivity contribution is 0.0697. The molecule has 2 unspecified atom stereocenters. The van der Waals surface area contributed by atoms with Crippen LogP contribution in [0.3, 0.4) is 0 Å². The van der Waals surface area contributed by atoms with E-state index in [1.807, 2.05) is 6.92 Å². The molecule has 0 aliphatic heterocycles. The van der Waals surface area contributed by atoms with Crippen molar-refractivity contribution in [1.29, 1.82) is 0 Å². The third-order valence-corrected chi connectivity index (χ3v) is 3.60. The van der Waals surface area contributed by atoms with Gasteiger partial charge >= 0.3 is 12.0 Å². The smallest absolute Gasteiger partial charge is 0.337 e. The predicted octanol–water partition coefficient (Wildman–Crippen LogP) is 3.98. The quantitative estimate of drug-likeness (QED) is 0.743. The summed E-state index contributed by atoms with van der Waals surface area (Å²) in [7, 11) is 0. The molecule has 116 valence electrons. The Labute approximate surface area is 129 Å². The second kappa shape index (κ2) is 7.88. The molecule has 0 saturated carbocycles. The van der Waals surface area contributed by atoms with Crippen LogP contribution >= 0.6 is 11.6 Å². The van der Waals surface area contributed by atoms with Crippen molar-refractivity contribution in [3.63, 3.8) is 0 Å². The van der Waals surface area contributed by atoms with Gasteiger partial charge in [0.05, 0.1) is 10.6 Å². The number of hydrogen-bond acceptors (Lipinski definition) is 2. The maximum Gasteiger partial charge on any atom is 0.337 e. The molecule has 1 aromatic carbocycles. The highest BCUT2D eigenvalue weighted by Crippen LogP contribution is 2.21. The standard InChI is InChI=1S/C15H21ClN2O3/c1-4-9(2)7-10(3)17-15(21)18-11-5-6-12(14(19)20)13(16)8-11/h5-6,8-10H,4,7H2,1-3H3,(H,19,20)(H2,17,18,21). The van der Waals surface area contributed by atoms with E-state index in [1.165, 1.54) is 18.2 Å². The van der Waals surface area contributed by atoms with Gasteiger partial charge in [0.2, 0.25) is 0 Å². The number of rotatable bonds is 6. The molecule has 21 heavy (non-hydrogen) atoms. The van der Waals surface area contributed by atoms with E-state index in [0.29, 0.717) is 11.6 Å². The number of carboxylic acid groups (broad SMARTS) is 1. The van der Waals surface area contributed by atoms with E-state index in [2.05, 4.69) is 24.5 Å². The van der Waals surface area contributed by atoms with Gasteiger partial charge in [-0.25, -0.2) is 9.59 Å². The minimum absolute atomic E-state index is 0.00719. The van der Waals surface area contributed by atoms with Crippen molar-refractivity contribution in [2.24, 2.45) is 5.92 Å². The van der Waals surface area contributed by atoms with Crippen molar-refractivity contribution in [2.75, 3.05) is 5.32 Å². The summed E-state index contributed by atoms with van der Waals surface area (Å²) in [6, 6.07) is 4.03. The number of carbonyl (C=O) groups is 2. The van der Waals surface area contributed by atoms with Crippen LogP contribution in [0.5, 0.6) is 0 Å². The van der Waals surface area contributed by atoms with Crippen LogP contribution in [-0.2, 0) is 0 Å². The normalized spacial score (nSPS) is 13.3. The number of carbonyl (C=O) groups excluding carboxylic acids is 1. The molecule has 0 aromatic heterocycles. The lowest BCUT2D eigenvalue weighted by Gasteiger charge is -2.18. The minimum atomic E-state index is -1.10. The number of aromatic carboxylic acids is 1. The van der Waals surface area contributed by atoms with Crippen LogP contribution in [0.1, 0.15) is 44.0 Å². The summed E-state index contributed by atoms with van der Waals surface area (Å²) >= 11 is 5.85. The van der Waals surface area contributed by atoms with Crippen molar-refractivity contribution >= 4 is 29.3 Å². The van der Waals surface area contributed by atoms with Crippen LogP contribution < -0.4 is 10.6 Å². The van der Waals surface area contributed by atoms with Crippen LogP contribution in [0.4, 0.5) is 10.5 Å². The van der Waals surface area contributed by atoms with E-state index < -0.39 is 5.97 Å². The maximum absolute atomic E-state index is 11.8. The SMILES string of the molecule is CCC(C)CC(C)NC(=O)Nc1ccc(C(=O)O)c(Cl)c1. The fourth-order valence-electron chi connectivity index (χ4n) is 1.99. The van der Waals surface area contributed by atoms with Gasteiger partial charge in [-0.15, -0.1) is 0 Å². The Kier molecular flexibility index (Phi) is 6.49. The second-order valence-electron chi connectivity index (χ2n) is 5.25. The van der Waals surface area contributed by atoms with Gasteiger partial charge in [0.15, 0.2) is 0 Å². The largest absolute Gasteiger partial charge is 0.478 e. The zero-order valence-corrected chi connectivity index (χ0v) is 13.2. The van der Waals surface area contributed by atoms with Crippen molar-refractivity contribution in [1.82, 2.24) is 5.32 Å². The Morgan fingerprint density at radius 1 is 1.33 bits per heavy atom. The zero-order valence-electron chi connectivity index (χ0n) is 12.4. The summed E-state index contributed by atoms with van der Waals surface area (Å²) in [5, 5.41) is 14.5. The first-order valence-corrected chi connectivity index (χ1v) is 7.31. The molecular formula is C15H21ClN2O3. The Balaban J connectivity index is 2.59. The molecular weight excluding hydrogens is 292 g/mol. The van der Waals surface area contributed by atoms with E-state index in [-0.39, 0.29) is 22.7 Å². The van der Waals surface area contributed by atoms with E-state index in [4.69, 9.17) is 16.7 Å². The average Bonchev–Trinajstić information content (AvgIpc) is 2.37. The molecule has 6 heteroatoms. The number of hydrogen-bond donors (Lipinski definition) is 3. The Bertz CT molecular complexity index is 520. The number of amides is 2. The number of nitrogens with one attached hydrogen (secondary N) is 2. The monoisotopic (exact) mass is 312 g/mol. The van der Waals surface area contributed by atoms with Gasteiger partial charge in [-0.3, -0.25) is 0 Å². The number of halogens is 1. The number of urea groups is 1. The van der Waals surface area contributed by atoms with Crippen LogP contribution in [0.25, 0.3) is 0 Å². The Hall–Kier alpha value is -1.75. The van der Waals surface area contributed by atoms with Crippen LogP contribution in [-0.4, -0.2) is 23.1 Å². The molecule has 2 atom stereocenters. The fourth-order valence-corrected chi connectivity index (χ4v) is 2.25. The first-order valence-electron chi connectivity index (χ1n) is 6.93. The first kappa shape index (κ1) is 17.3. The van der Waals surface area contributed by atoms with Crippen LogP contribution in [0.15, 0.2) is 18.2 Å². The Morgan fingerprint density at radius 2 is 2.00 bits per heavy atom. The number of carboxylic acids is 1. The highest BCUT2D eigenvalue weighted by atomic mass is 35.5. The highest BCUT2D eigenvalue weighted by molar-refractivity contribution is 6.33. The topological polar surface area (TPSA) is 78.4 Å². The van der Waals surface area contributed by atoms with Gasteiger partial charge in [-0.2, -0.15) is 0 Å². The predicted molar refractivity (Wildman–Crippen MR) is 84.1 cm³/mol. The molecule has 0 fully saturated rings. The number of benzene rings is 1. The molecule has 0 aliphatic rings. The van der Waals surface area contributed by atoms with E-state index >= 15 is 0 Å². The van der Waals surface area contributed by atoms with E-state index in [0.717, 1.165) is 12.8 Å². The molecule has 0 heterocycles. The molecule has 2 amide bonds. The molecule has 3 N–H and O–H groups in total. The summed E-state index contributed by atoms with van der Waals surface area (Å²) in [5.74, 6) is -0.553. The molecule has 0 aliphatic carbocycles. The molecule has 0 saturated heterocycles. The van der Waals surface area contributed by atoms with E-state index in [9.17, 15) is 9.59 Å². The third-order valence-electron chi connectivity index (χ3n) is 3.29. The lowest BCUT2D eigenvalue weighted by Crippen LogP contribution is -2.37. The minimum Gasteiger partial charge on any atom is -0.478 e. The maximum atomic E-state index is 11.8. The van der Waals surface area contributed by atoms with E-state index in [1.54, 1.807) is 0 Å². The highest BCUT2D eigenvalue weighted by Gasteiger charge is 2.12. The fraction of sp³-hybridized carbons (Fsp3) is 0.467. The van der Waals surface area contributed by atoms with Crippen LogP contribution in [0.2, 0.25) is 5.02 Å². The van der Waals surface area contributed by atoms with Crippen molar-refractivity contribution in [2.45, 2.75) is 39.7 Å². The zero-order chi connectivity index (χ0) is 16.0. The summed E-state index contributed by atoms with van der Waals surface area (Å²) in [6.07, 6.45) is 1.97. The van der Waals surface area contributed by atoms with Gasteiger partial charge in [0.1, 0.15) is 0 Å². The van der Waals surface area contributed by atoms with Gasteiger partial charge in [0.25, 0.3) is 0 Å². The van der Waals surface area contributed by atoms with Gasteiger partial charge in [0, 0.05) is 11.7 Å². The molecule has 0 radical (unpaired) electrons. The summed E-state index contributed by atoms with van der Waals surface area (Å²) in [4.78, 5) is 22.7. The average molecular weight is 313 g/mol. The second-order valence-corrected chi connectivity index (χ2v) is 5.66. The summed E-state index contributed by atoms with van der Waals surface area (Å²) in [5.41, 5.74) is 0.464. The van der Waals surface area contributed by atoms with Gasteiger partial charge in [-0.05, 0) is 37.5 Å². The summed E-state index contributed by atoms with van der Waals surface area (Å²) < 4.78 is 0. The van der Waals surface area contributed by atoms with Crippen molar-refractivity contribution in [3.8, 4) is 0 Å². The van der Waals surface area contributed by atoms with Gasteiger partial charge in [-0.1, -0.05) is 31.9 Å². The molecule has 1 aromatic rings. The van der Waals surface area contributed by atoms with Crippen molar-refractivity contribution < 1.29 is 14.7 Å².